The van der Waals surface area contributed by atoms with Crippen molar-refractivity contribution in [2.45, 2.75) is 13.0 Å². The van der Waals surface area contributed by atoms with Gasteiger partial charge < -0.3 is 15.4 Å². The standard InChI is InChI=1S/C8H11N3O3/c1-5(4-12)11-8(14)6-2-10-7(13)3-9-6/h2-3,5,12H,4H2,1H3,(H,10,13)(H,11,14)/t5-/m0/s1. The summed E-state index contributed by atoms with van der Waals surface area (Å²) in [6.45, 7) is 1.51. The van der Waals surface area contributed by atoms with E-state index in [2.05, 4.69) is 15.3 Å². The van der Waals surface area contributed by atoms with Crippen molar-refractivity contribution in [3.8, 4) is 0 Å². The Morgan fingerprint density at radius 3 is 3.00 bits per heavy atom. The Balaban J connectivity index is 2.70. The second-order valence-electron chi connectivity index (χ2n) is 2.85. The normalized spacial score (nSPS) is 12.1. The molecule has 0 saturated carbocycles. The van der Waals surface area contributed by atoms with E-state index < -0.39 is 5.91 Å². The number of hydrogen-bond acceptors (Lipinski definition) is 4. The van der Waals surface area contributed by atoms with Crippen LogP contribution in [0.2, 0.25) is 0 Å². The van der Waals surface area contributed by atoms with Gasteiger partial charge in [0.05, 0.1) is 12.8 Å². The zero-order valence-corrected chi connectivity index (χ0v) is 7.65. The molecule has 3 N–H and O–H groups in total. The fourth-order valence-electron chi connectivity index (χ4n) is 0.810. The third kappa shape index (κ3) is 2.67. The fourth-order valence-corrected chi connectivity index (χ4v) is 0.810. The van der Waals surface area contributed by atoms with Crippen molar-refractivity contribution >= 4 is 5.91 Å². The van der Waals surface area contributed by atoms with Gasteiger partial charge in [-0.1, -0.05) is 0 Å². The molecule has 1 atom stereocenters. The summed E-state index contributed by atoms with van der Waals surface area (Å²) in [4.78, 5) is 27.9. The van der Waals surface area contributed by atoms with Crippen LogP contribution in [0.1, 0.15) is 17.4 Å². The number of aliphatic hydroxyl groups excluding tert-OH is 1. The van der Waals surface area contributed by atoms with Gasteiger partial charge in [0.1, 0.15) is 5.69 Å². The van der Waals surface area contributed by atoms with Gasteiger partial charge in [-0.05, 0) is 6.92 Å². The topological polar surface area (TPSA) is 95.1 Å². The summed E-state index contributed by atoms with van der Waals surface area (Å²) in [7, 11) is 0. The van der Waals surface area contributed by atoms with Gasteiger partial charge in [0.15, 0.2) is 0 Å². The highest BCUT2D eigenvalue weighted by molar-refractivity contribution is 5.92. The molecule has 6 heteroatoms. The van der Waals surface area contributed by atoms with Crippen molar-refractivity contribution < 1.29 is 9.90 Å². The summed E-state index contributed by atoms with van der Waals surface area (Å²) in [6, 6.07) is -0.337. The van der Waals surface area contributed by atoms with Crippen molar-refractivity contribution in [3.05, 3.63) is 28.4 Å². The van der Waals surface area contributed by atoms with Crippen molar-refractivity contribution in [2.24, 2.45) is 0 Å². The Kier molecular flexibility index (Phi) is 3.35. The average Bonchev–Trinajstić information content (AvgIpc) is 2.18. The SMILES string of the molecule is C[C@@H](CO)NC(=O)c1c[nH]c(=O)cn1. The van der Waals surface area contributed by atoms with Gasteiger partial charge in [-0.2, -0.15) is 0 Å². The van der Waals surface area contributed by atoms with E-state index in [0.29, 0.717) is 0 Å². The molecule has 1 heterocycles. The minimum atomic E-state index is -0.428. The van der Waals surface area contributed by atoms with E-state index in [-0.39, 0.29) is 23.9 Å². The molecule has 0 saturated heterocycles. The second kappa shape index (κ2) is 4.52. The van der Waals surface area contributed by atoms with Gasteiger partial charge in [0.2, 0.25) is 0 Å². The Morgan fingerprint density at radius 2 is 2.50 bits per heavy atom. The van der Waals surface area contributed by atoms with Crippen molar-refractivity contribution in [3.63, 3.8) is 0 Å². The van der Waals surface area contributed by atoms with Crippen LogP contribution in [0.5, 0.6) is 0 Å². The van der Waals surface area contributed by atoms with E-state index in [4.69, 9.17) is 5.11 Å². The first-order chi connectivity index (χ1) is 6.63. The predicted molar refractivity (Wildman–Crippen MR) is 48.9 cm³/mol. The molecule has 0 aliphatic heterocycles. The minimum absolute atomic E-state index is 0.116. The molecular formula is C8H11N3O3. The molecule has 1 rings (SSSR count). The van der Waals surface area contributed by atoms with E-state index in [1.165, 1.54) is 6.20 Å². The molecule has 0 unspecified atom stereocenters. The number of aromatic amines is 1. The zero-order valence-electron chi connectivity index (χ0n) is 7.65. The maximum Gasteiger partial charge on any atom is 0.271 e. The van der Waals surface area contributed by atoms with E-state index >= 15 is 0 Å². The lowest BCUT2D eigenvalue weighted by Gasteiger charge is -2.09. The molecule has 0 bridgehead atoms. The first-order valence-electron chi connectivity index (χ1n) is 4.10. The monoisotopic (exact) mass is 197 g/mol. The third-order valence-electron chi connectivity index (χ3n) is 1.56. The average molecular weight is 197 g/mol. The second-order valence-corrected chi connectivity index (χ2v) is 2.85. The first-order valence-corrected chi connectivity index (χ1v) is 4.10. The predicted octanol–water partition coefficient (Wildman–Crippen LogP) is -1.12. The Hall–Kier alpha value is -1.69. The largest absolute Gasteiger partial charge is 0.394 e. The Labute approximate surface area is 80.0 Å². The number of nitrogens with zero attached hydrogens (tertiary/aromatic N) is 1. The molecule has 1 aromatic rings. The van der Waals surface area contributed by atoms with Crippen LogP contribution in [0.3, 0.4) is 0 Å². The molecule has 14 heavy (non-hydrogen) atoms. The van der Waals surface area contributed by atoms with Gasteiger partial charge >= 0.3 is 0 Å². The first kappa shape index (κ1) is 10.4. The number of H-pyrrole nitrogens is 1. The number of carbonyl (C=O) groups excluding carboxylic acids is 1. The Morgan fingerprint density at radius 1 is 1.79 bits per heavy atom. The van der Waals surface area contributed by atoms with Crippen LogP contribution in [0.4, 0.5) is 0 Å². The summed E-state index contributed by atoms with van der Waals surface area (Å²) in [5, 5.41) is 11.2. The van der Waals surface area contributed by atoms with Crippen LogP contribution < -0.4 is 10.9 Å². The minimum Gasteiger partial charge on any atom is -0.394 e. The van der Waals surface area contributed by atoms with Crippen molar-refractivity contribution in [1.29, 1.82) is 0 Å². The molecule has 6 nitrogen and oxygen atoms in total. The molecule has 0 aliphatic carbocycles. The van der Waals surface area contributed by atoms with Crippen LogP contribution in [0.15, 0.2) is 17.2 Å². The van der Waals surface area contributed by atoms with Gasteiger partial charge in [-0.15, -0.1) is 0 Å². The summed E-state index contributed by atoms with van der Waals surface area (Å²) in [6.07, 6.45) is 2.25. The van der Waals surface area contributed by atoms with Gasteiger partial charge in [-0.3, -0.25) is 9.59 Å². The highest BCUT2D eigenvalue weighted by atomic mass is 16.3. The third-order valence-corrected chi connectivity index (χ3v) is 1.56. The number of amides is 1. The number of hydrogen-bond donors (Lipinski definition) is 3. The van der Waals surface area contributed by atoms with Crippen LogP contribution in [-0.2, 0) is 0 Å². The van der Waals surface area contributed by atoms with Crippen molar-refractivity contribution in [2.75, 3.05) is 6.61 Å². The van der Waals surface area contributed by atoms with E-state index in [9.17, 15) is 9.59 Å². The zero-order chi connectivity index (χ0) is 10.6. The highest BCUT2D eigenvalue weighted by Gasteiger charge is 2.09. The summed E-state index contributed by atoms with van der Waals surface area (Å²) < 4.78 is 0. The number of aromatic nitrogens is 2. The summed E-state index contributed by atoms with van der Waals surface area (Å²) in [5.41, 5.74) is -0.248. The van der Waals surface area contributed by atoms with Crippen molar-refractivity contribution in [1.82, 2.24) is 15.3 Å². The lowest BCUT2D eigenvalue weighted by Crippen LogP contribution is -2.35. The number of nitrogens with one attached hydrogen (secondary N) is 2. The van der Waals surface area contributed by atoms with Crippen LogP contribution >= 0.6 is 0 Å². The van der Waals surface area contributed by atoms with E-state index in [0.717, 1.165) is 6.20 Å². The summed E-state index contributed by atoms with van der Waals surface area (Å²) >= 11 is 0. The maximum atomic E-state index is 11.3. The quantitative estimate of drug-likeness (QED) is 0.572. The molecule has 0 aliphatic rings. The molecule has 0 spiro atoms. The lowest BCUT2D eigenvalue weighted by atomic mass is 10.3. The molecule has 1 amide bonds. The highest BCUT2D eigenvalue weighted by Crippen LogP contribution is 1.89. The number of aliphatic hydroxyl groups is 1. The Bertz CT molecular complexity index is 354. The van der Waals surface area contributed by atoms with Gasteiger partial charge in [-0.25, -0.2) is 4.98 Å². The molecular weight excluding hydrogens is 186 g/mol. The molecule has 1 aromatic heterocycles. The van der Waals surface area contributed by atoms with Gasteiger partial charge in [0, 0.05) is 12.2 Å². The molecule has 0 aromatic carbocycles. The smallest absolute Gasteiger partial charge is 0.271 e. The fraction of sp³-hybridized carbons (Fsp3) is 0.375. The van der Waals surface area contributed by atoms with E-state index in [1.54, 1.807) is 6.92 Å². The summed E-state index contributed by atoms with van der Waals surface area (Å²) in [5.74, 6) is -0.428. The molecule has 76 valence electrons. The van der Waals surface area contributed by atoms with Gasteiger partial charge in [0.25, 0.3) is 11.5 Å². The number of rotatable bonds is 3. The van der Waals surface area contributed by atoms with E-state index in [1.807, 2.05) is 0 Å². The maximum absolute atomic E-state index is 11.3. The molecule has 0 radical (unpaired) electrons. The van der Waals surface area contributed by atoms with Crippen LogP contribution in [0, 0.1) is 0 Å². The van der Waals surface area contributed by atoms with Crippen LogP contribution in [-0.4, -0.2) is 33.6 Å². The molecule has 0 fully saturated rings. The van der Waals surface area contributed by atoms with Crippen LogP contribution in [0.25, 0.3) is 0 Å². The number of carbonyl (C=O) groups is 1. The lowest BCUT2D eigenvalue weighted by molar-refractivity contribution is 0.0917.